The van der Waals surface area contributed by atoms with Gasteiger partial charge in [0, 0.05) is 6.54 Å². The summed E-state index contributed by atoms with van der Waals surface area (Å²) in [5.74, 6) is -0.0854. The molecule has 0 saturated carbocycles. The van der Waals surface area contributed by atoms with Crippen LogP contribution >= 0.6 is 0 Å². The van der Waals surface area contributed by atoms with E-state index in [0.717, 1.165) is 27.9 Å². The average molecular weight is 430 g/mol. The minimum atomic E-state index is -0.370. The number of amides is 1. The first-order chi connectivity index (χ1) is 15.3. The second-order valence-electron chi connectivity index (χ2n) is 8.22. The smallest absolute Gasteiger partial charge is 0.295 e. The van der Waals surface area contributed by atoms with Gasteiger partial charge >= 0.3 is 0 Å². The highest BCUT2D eigenvalue weighted by Crippen LogP contribution is 2.21. The molecular formula is C25H27N5O2. The summed E-state index contributed by atoms with van der Waals surface area (Å²) in [7, 11) is 0. The van der Waals surface area contributed by atoms with Crippen LogP contribution in [0.4, 0.5) is 0 Å². The van der Waals surface area contributed by atoms with Gasteiger partial charge in [0.25, 0.3) is 5.56 Å². The number of rotatable bonds is 6. The van der Waals surface area contributed by atoms with E-state index in [0.29, 0.717) is 17.8 Å². The molecule has 0 bridgehead atoms. The molecule has 1 atom stereocenters. The summed E-state index contributed by atoms with van der Waals surface area (Å²) in [6.45, 7) is 8.17. The summed E-state index contributed by atoms with van der Waals surface area (Å²) in [6.07, 6.45) is 0. The van der Waals surface area contributed by atoms with Crippen LogP contribution in [0.15, 0.2) is 59.4 Å². The predicted octanol–water partition coefficient (Wildman–Crippen LogP) is 3.43. The molecule has 0 spiro atoms. The van der Waals surface area contributed by atoms with Crippen molar-refractivity contribution in [2.45, 2.75) is 40.2 Å². The molecule has 2 heterocycles. The van der Waals surface area contributed by atoms with E-state index in [1.54, 1.807) is 4.68 Å². The Balaban J connectivity index is 1.57. The van der Waals surface area contributed by atoms with E-state index < -0.39 is 0 Å². The van der Waals surface area contributed by atoms with Crippen molar-refractivity contribution >= 4 is 16.8 Å². The molecule has 4 rings (SSSR count). The second-order valence-corrected chi connectivity index (χ2v) is 8.22. The highest BCUT2D eigenvalue weighted by molar-refractivity contribution is 5.83. The van der Waals surface area contributed by atoms with Crippen LogP contribution in [0.1, 0.15) is 35.4 Å². The van der Waals surface area contributed by atoms with Gasteiger partial charge in [-0.15, -0.1) is 0 Å². The highest BCUT2D eigenvalue weighted by Gasteiger charge is 2.18. The van der Waals surface area contributed by atoms with Crippen LogP contribution in [0.5, 0.6) is 0 Å². The number of hydrogen-bond acceptors (Lipinski definition) is 4. The van der Waals surface area contributed by atoms with Gasteiger partial charge in [-0.05, 0) is 44.4 Å². The summed E-state index contributed by atoms with van der Waals surface area (Å²) < 4.78 is 2.96. The van der Waals surface area contributed by atoms with Crippen molar-refractivity contribution in [2.24, 2.45) is 0 Å². The Labute approximate surface area is 186 Å². The largest absolute Gasteiger partial charge is 0.354 e. The summed E-state index contributed by atoms with van der Waals surface area (Å²) in [6, 6.07) is 17.9. The minimum absolute atomic E-state index is 0.145. The molecule has 0 radical (unpaired) electrons. The maximum atomic E-state index is 13.1. The maximum Gasteiger partial charge on any atom is 0.295 e. The number of aromatic nitrogens is 4. The normalized spacial score (nSPS) is 12.1. The molecule has 7 heteroatoms. The molecule has 164 valence electrons. The lowest BCUT2D eigenvalue weighted by molar-refractivity contribution is -0.121. The summed E-state index contributed by atoms with van der Waals surface area (Å²) >= 11 is 0. The molecule has 0 aliphatic heterocycles. The fourth-order valence-electron chi connectivity index (χ4n) is 3.89. The first-order valence-corrected chi connectivity index (χ1v) is 10.7. The van der Waals surface area contributed by atoms with Crippen LogP contribution < -0.4 is 10.9 Å². The average Bonchev–Trinajstić information content (AvgIpc) is 3.14. The van der Waals surface area contributed by atoms with Crippen molar-refractivity contribution in [3.05, 3.63) is 87.5 Å². The van der Waals surface area contributed by atoms with Gasteiger partial charge in [0.1, 0.15) is 6.54 Å². The lowest BCUT2D eigenvalue weighted by atomic mass is 10.0. The number of hydrogen-bond donors (Lipinski definition) is 1. The first kappa shape index (κ1) is 21.5. The number of benzene rings is 2. The third-order valence-electron chi connectivity index (χ3n) is 5.73. The lowest BCUT2D eigenvalue weighted by Gasteiger charge is -2.13. The molecule has 0 aliphatic rings. The van der Waals surface area contributed by atoms with Gasteiger partial charge in [0.2, 0.25) is 5.91 Å². The highest BCUT2D eigenvalue weighted by atomic mass is 16.2. The molecule has 0 fully saturated rings. The van der Waals surface area contributed by atoms with Gasteiger partial charge in [-0.25, -0.2) is 9.36 Å². The van der Waals surface area contributed by atoms with Crippen LogP contribution in [0.25, 0.3) is 16.6 Å². The fourth-order valence-corrected chi connectivity index (χ4v) is 3.89. The van der Waals surface area contributed by atoms with Gasteiger partial charge in [0.05, 0.1) is 22.5 Å². The summed E-state index contributed by atoms with van der Waals surface area (Å²) in [4.78, 5) is 25.6. The number of carbonyl (C=O) groups is 1. The van der Waals surface area contributed by atoms with Crippen LogP contribution in [-0.4, -0.2) is 32.0 Å². The molecule has 0 unspecified atom stereocenters. The van der Waals surface area contributed by atoms with Gasteiger partial charge in [-0.1, -0.05) is 55.0 Å². The van der Waals surface area contributed by atoms with E-state index in [9.17, 15) is 9.59 Å². The van der Waals surface area contributed by atoms with Crippen molar-refractivity contribution in [3.63, 3.8) is 0 Å². The zero-order chi connectivity index (χ0) is 22.8. The Morgan fingerprint density at radius 1 is 1.00 bits per heavy atom. The fraction of sp³-hybridized carbons (Fsp3) is 0.280. The molecule has 0 aliphatic carbocycles. The summed E-state index contributed by atoms with van der Waals surface area (Å²) in [5.41, 5.74) is 4.64. The Kier molecular flexibility index (Phi) is 5.90. The van der Waals surface area contributed by atoms with Gasteiger partial charge < -0.3 is 5.32 Å². The number of nitrogens with zero attached hydrogens (tertiary/aromatic N) is 4. The Morgan fingerprint density at radius 2 is 1.69 bits per heavy atom. The van der Waals surface area contributed by atoms with Gasteiger partial charge in [-0.2, -0.15) is 10.2 Å². The number of aryl methyl sites for hydroxylation is 3. The van der Waals surface area contributed by atoms with Crippen LogP contribution in [-0.2, 0) is 11.3 Å². The molecule has 7 nitrogen and oxygen atoms in total. The van der Waals surface area contributed by atoms with Gasteiger partial charge in [0.15, 0.2) is 5.52 Å². The SMILES string of the molecule is Cc1ccc(-n2nc3c(=O)n(CC(=O)NC[C@H](C)c4ccccc4)nc(C)c3c2C)cc1. The van der Waals surface area contributed by atoms with E-state index in [4.69, 9.17) is 0 Å². The third-order valence-corrected chi connectivity index (χ3v) is 5.73. The Bertz CT molecular complexity index is 1320. The van der Waals surface area contributed by atoms with E-state index in [2.05, 4.69) is 22.4 Å². The number of nitrogens with one attached hydrogen (secondary N) is 1. The van der Waals surface area contributed by atoms with Crippen LogP contribution in [0.2, 0.25) is 0 Å². The summed E-state index contributed by atoms with van der Waals surface area (Å²) in [5, 5.41) is 12.6. The molecular weight excluding hydrogens is 402 g/mol. The molecule has 0 saturated heterocycles. The van der Waals surface area contributed by atoms with Crippen LogP contribution in [0.3, 0.4) is 0 Å². The third kappa shape index (κ3) is 4.19. The van der Waals surface area contributed by atoms with Crippen molar-refractivity contribution in [1.29, 1.82) is 0 Å². The molecule has 4 aromatic rings. The zero-order valence-corrected chi connectivity index (χ0v) is 18.8. The zero-order valence-electron chi connectivity index (χ0n) is 18.8. The lowest BCUT2D eigenvalue weighted by Crippen LogP contribution is -2.35. The Hall–Kier alpha value is -3.74. The second kappa shape index (κ2) is 8.78. The van der Waals surface area contributed by atoms with E-state index in [1.807, 2.05) is 75.4 Å². The molecule has 2 aromatic carbocycles. The monoisotopic (exact) mass is 429 g/mol. The quantitative estimate of drug-likeness (QED) is 0.509. The molecule has 32 heavy (non-hydrogen) atoms. The van der Waals surface area contributed by atoms with Gasteiger partial charge in [-0.3, -0.25) is 9.59 Å². The first-order valence-electron chi connectivity index (χ1n) is 10.7. The van der Waals surface area contributed by atoms with Crippen molar-refractivity contribution in [3.8, 4) is 5.69 Å². The number of carbonyl (C=O) groups excluding carboxylic acids is 1. The molecule has 1 N–H and O–H groups in total. The van der Waals surface area contributed by atoms with Crippen LogP contribution in [0, 0.1) is 20.8 Å². The maximum absolute atomic E-state index is 13.1. The molecule has 2 aromatic heterocycles. The standard InChI is InChI=1S/C25H27N5O2/c1-16-10-12-21(13-11-16)30-19(4)23-18(3)27-29(25(32)24(23)28-30)15-22(31)26-14-17(2)20-8-6-5-7-9-20/h5-13,17H,14-15H2,1-4H3,(H,26,31)/t17-/m0/s1. The van der Waals surface area contributed by atoms with Crippen molar-refractivity contribution < 1.29 is 4.79 Å². The van der Waals surface area contributed by atoms with Crippen molar-refractivity contribution in [1.82, 2.24) is 24.9 Å². The van der Waals surface area contributed by atoms with E-state index >= 15 is 0 Å². The van der Waals surface area contributed by atoms with E-state index in [-0.39, 0.29) is 23.9 Å². The Morgan fingerprint density at radius 3 is 2.38 bits per heavy atom. The molecule has 1 amide bonds. The topological polar surface area (TPSA) is 81.8 Å². The number of fused-ring (bicyclic) bond motifs is 1. The van der Waals surface area contributed by atoms with E-state index in [1.165, 1.54) is 4.68 Å². The minimum Gasteiger partial charge on any atom is -0.354 e. The van der Waals surface area contributed by atoms with Crippen molar-refractivity contribution in [2.75, 3.05) is 6.54 Å². The predicted molar refractivity (Wildman–Crippen MR) is 125 cm³/mol.